The maximum absolute atomic E-state index is 12.2. The van der Waals surface area contributed by atoms with Crippen LogP contribution in [0.15, 0.2) is 46.9 Å². The van der Waals surface area contributed by atoms with E-state index in [0.717, 1.165) is 4.47 Å². The van der Waals surface area contributed by atoms with Crippen molar-refractivity contribution in [2.24, 2.45) is 0 Å². The largest absolute Gasteiger partial charge is 0.481 e. The van der Waals surface area contributed by atoms with Gasteiger partial charge in [0.1, 0.15) is 5.75 Å². The van der Waals surface area contributed by atoms with Crippen LogP contribution in [0.5, 0.6) is 5.75 Å². The van der Waals surface area contributed by atoms with Crippen LogP contribution in [0.2, 0.25) is 10.0 Å². The zero-order valence-electron chi connectivity index (χ0n) is 10.6. The molecule has 0 aliphatic heterocycles. The van der Waals surface area contributed by atoms with Crippen LogP contribution in [0.25, 0.3) is 0 Å². The molecule has 0 fully saturated rings. The van der Waals surface area contributed by atoms with E-state index >= 15 is 0 Å². The van der Waals surface area contributed by atoms with Gasteiger partial charge in [0.05, 0.1) is 5.02 Å². The van der Waals surface area contributed by atoms with Crippen LogP contribution < -0.4 is 4.74 Å². The lowest BCUT2D eigenvalue weighted by Gasteiger charge is -2.15. The molecule has 0 saturated carbocycles. The lowest BCUT2D eigenvalue weighted by molar-refractivity contribution is 0.0818. The first kappa shape index (κ1) is 15.4. The van der Waals surface area contributed by atoms with Crippen LogP contribution in [0.1, 0.15) is 17.3 Å². The molecule has 0 bridgehead atoms. The van der Waals surface area contributed by atoms with Crippen molar-refractivity contribution in [3.63, 3.8) is 0 Å². The molecular formula is C15H11BrCl2O2. The molecule has 104 valence electrons. The number of hydrogen-bond acceptors (Lipinski definition) is 2. The van der Waals surface area contributed by atoms with Gasteiger partial charge < -0.3 is 4.74 Å². The molecule has 2 nitrogen and oxygen atoms in total. The summed E-state index contributed by atoms with van der Waals surface area (Å²) in [7, 11) is 0. The highest BCUT2D eigenvalue weighted by Crippen LogP contribution is 2.29. The monoisotopic (exact) mass is 372 g/mol. The highest BCUT2D eigenvalue weighted by Gasteiger charge is 2.18. The fraction of sp³-hybridized carbons (Fsp3) is 0.133. The third-order valence-corrected chi connectivity index (χ3v) is 3.77. The highest BCUT2D eigenvalue weighted by molar-refractivity contribution is 9.10. The van der Waals surface area contributed by atoms with E-state index in [9.17, 15) is 4.79 Å². The van der Waals surface area contributed by atoms with Crippen LogP contribution in [0.3, 0.4) is 0 Å². The van der Waals surface area contributed by atoms with Gasteiger partial charge in [-0.1, -0.05) is 51.3 Å². The Hall–Kier alpha value is -1.03. The first-order valence-electron chi connectivity index (χ1n) is 5.89. The molecule has 0 N–H and O–H groups in total. The SMILES string of the molecule is CC(Oc1cc(Cl)ccc1Cl)C(=O)c1ccc(Br)cc1. The minimum absolute atomic E-state index is 0.117. The summed E-state index contributed by atoms with van der Waals surface area (Å²) in [6.45, 7) is 1.68. The first-order chi connectivity index (χ1) is 9.47. The molecule has 0 heterocycles. The molecule has 0 aliphatic rings. The summed E-state index contributed by atoms with van der Waals surface area (Å²) in [4.78, 5) is 12.2. The van der Waals surface area contributed by atoms with Gasteiger partial charge in [-0.15, -0.1) is 0 Å². The summed E-state index contributed by atoms with van der Waals surface area (Å²) in [5.74, 6) is 0.283. The van der Waals surface area contributed by atoms with E-state index in [4.69, 9.17) is 27.9 Å². The first-order valence-corrected chi connectivity index (χ1v) is 7.44. The predicted octanol–water partition coefficient (Wildman–Crippen LogP) is 5.41. The maximum atomic E-state index is 12.2. The Kier molecular flexibility index (Phi) is 5.08. The third-order valence-electron chi connectivity index (χ3n) is 2.69. The number of ketones is 1. The molecule has 0 radical (unpaired) electrons. The molecule has 20 heavy (non-hydrogen) atoms. The molecular weight excluding hydrogens is 363 g/mol. The van der Waals surface area contributed by atoms with E-state index < -0.39 is 6.10 Å². The average molecular weight is 374 g/mol. The van der Waals surface area contributed by atoms with Crippen molar-refractivity contribution in [3.05, 3.63) is 62.5 Å². The molecule has 1 atom stereocenters. The standard InChI is InChI=1S/C15H11BrCl2O2/c1-9(15(19)10-2-4-11(16)5-3-10)20-14-8-12(17)6-7-13(14)18/h2-9H,1H3. The Bertz CT molecular complexity index is 626. The minimum Gasteiger partial charge on any atom is -0.481 e. The summed E-state index contributed by atoms with van der Waals surface area (Å²) in [6, 6.07) is 12.0. The molecule has 0 spiro atoms. The molecule has 5 heteroatoms. The Morgan fingerprint density at radius 3 is 2.45 bits per heavy atom. The Morgan fingerprint density at radius 1 is 1.15 bits per heavy atom. The topological polar surface area (TPSA) is 26.3 Å². The highest BCUT2D eigenvalue weighted by atomic mass is 79.9. The van der Waals surface area contributed by atoms with Gasteiger partial charge in [0.25, 0.3) is 0 Å². The number of ether oxygens (including phenoxy) is 1. The minimum atomic E-state index is -0.646. The number of benzene rings is 2. The smallest absolute Gasteiger partial charge is 0.202 e. The molecule has 0 aromatic heterocycles. The molecule has 2 rings (SSSR count). The molecule has 1 unspecified atom stereocenters. The number of rotatable bonds is 4. The van der Waals surface area contributed by atoms with Gasteiger partial charge >= 0.3 is 0 Å². The van der Waals surface area contributed by atoms with Crippen LogP contribution >= 0.6 is 39.1 Å². The van der Waals surface area contributed by atoms with Gasteiger partial charge in [-0.05, 0) is 31.2 Å². The van der Waals surface area contributed by atoms with Gasteiger partial charge in [-0.3, -0.25) is 4.79 Å². The van der Waals surface area contributed by atoms with Crippen molar-refractivity contribution in [2.45, 2.75) is 13.0 Å². The second-order valence-electron chi connectivity index (χ2n) is 4.21. The van der Waals surface area contributed by atoms with Gasteiger partial charge in [0.2, 0.25) is 5.78 Å². The van der Waals surface area contributed by atoms with E-state index in [-0.39, 0.29) is 5.78 Å². The van der Waals surface area contributed by atoms with Gasteiger partial charge in [-0.2, -0.15) is 0 Å². The fourth-order valence-electron chi connectivity index (χ4n) is 1.66. The number of carbonyl (C=O) groups excluding carboxylic acids is 1. The number of halogens is 3. The Labute approximate surface area is 135 Å². The van der Waals surface area contributed by atoms with Crippen LogP contribution in [-0.2, 0) is 0 Å². The van der Waals surface area contributed by atoms with Crippen molar-refractivity contribution in [1.82, 2.24) is 0 Å². The van der Waals surface area contributed by atoms with E-state index in [2.05, 4.69) is 15.9 Å². The third kappa shape index (κ3) is 3.75. The van der Waals surface area contributed by atoms with E-state index in [1.54, 1.807) is 37.3 Å². The molecule has 0 saturated heterocycles. The summed E-state index contributed by atoms with van der Waals surface area (Å²) >= 11 is 15.2. The molecule has 2 aromatic rings. The maximum Gasteiger partial charge on any atom is 0.202 e. The number of carbonyl (C=O) groups is 1. The van der Waals surface area contributed by atoms with Gasteiger partial charge in [0.15, 0.2) is 6.10 Å². The van der Waals surface area contributed by atoms with Gasteiger partial charge in [0, 0.05) is 21.1 Å². The van der Waals surface area contributed by atoms with Crippen LogP contribution in [0, 0.1) is 0 Å². The Balaban J connectivity index is 2.15. The van der Waals surface area contributed by atoms with Crippen molar-refractivity contribution in [2.75, 3.05) is 0 Å². The van der Waals surface area contributed by atoms with E-state index in [1.165, 1.54) is 0 Å². The van der Waals surface area contributed by atoms with Gasteiger partial charge in [-0.25, -0.2) is 0 Å². The summed E-state index contributed by atoms with van der Waals surface area (Å²) < 4.78 is 6.51. The quantitative estimate of drug-likeness (QED) is 0.670. The zero-order chi connectivity index (χ0) is 14.7. The lowest BCUT2D eigenvalue weighted by Crippen LogP contribution is -2.24. The second kappa shape index (κ2) is 6.61. The van der Waals surface area contributed by atoms with Crippen molar-refractivity contribution in [1.29, 1.82) is 0 Å². The molecule has 2 aromatic carbocycles. The summed E-state index contributed by atoms with van der Waals surface area (Å²) in [6.07, 6.45) is -0.646. The predicted molar refractivity (Wildman–Crippen MR) is 85.0 cm³/mol. The second-order valence-corrected chi connectivity index (χ2v) is 5.97. The fourth-order valence-corrected chi connectivity index (χ4v) is 2.25. The van der Waals surface area contributed by atoms with Crippen molar-refractivity contribution >= 4 is 44.9 Å². The average Bonchev–Trinajstić information content (AvgIpc) is 2.43. The van der Waals surface area contributed by atoms with Crippen LogP contribution in [0.4, 0.5) is 0 Å². The molecule has 0 aliphatic carbocycles. The summed E-state index contributed by atoms with van der Waals surface area (Å²) in [5.41, 5.74) is 0.582. The number of hydrogen-bond donors (Lipinski definition) is 0. The number of Topliss-reactive ketones (excluding diaryl/α,β-unsaturated/α-hetero) is 1. The summed E-state index contributed by atoms with van der Waals surface area (Å²) in [5, 5.41) is 0.928. The Morgan fingerprint density at radius 2 is 1.80 bits per heavy atom. The van der Waals surface area contributed by atoms with Crippen molar-refractivity contribution < 1.29 is 9.53 Å². The van der Waals surface area contributed by atoms with E-state index in [0.29, 0.717) is 21.4 Å². The van der Waals surface area contributed by atoms with Crippen LogP contribution in [-0.4, -0.2) is 11.9 Å². The lowest BCUT2D eigenvalue weighted by atomic mass is 10.1. The molecule has 0 amide bonds. The normalized spacial score (nSPS) is 12.0. The van der Waals surface area contributed by atoms with Crippen molar-refractivity contribution in [3.8, 4) is 5.75 Å². The van der Waals surface area contributed by atoms with E-state index in [1.807, 2.05) is 12.1 Å². The zero-order valence-corrected chi connectivity index (χ0v) is 13.7.